The molecule has 0 radical (unpaired) electrons. The van der Waals surface area contributed by atoms with Gasteiger partial charge in [-0.2, -0.15) is 10.2 Å². The van der Waals surface area contributed by atoms with E-state index < -0.39 is 21.8 Å². The van der Waals surface area contributed by atoms with Gasteiger partial charge in [-0.3, -0.25) is 18.8 Å². The van der Waals surface area contributed by atoms with Crippen molar-refractivity contribution in [1.82, 2.24) is 24.1 Å². The largest absolute Gasteiger partial charge is 0.381 e. The minimum atomic E-state index is -3.69. The Bertz CT molecular complexity index is 2150. The number of primary sulfonamides is 1. The minimum Gasteiger partial charge on any atom is -0.381 e. The van der Waals surface area contributed by atoms with Crippen LogP contribution < -0.4 is 22.2 Å². The molecule has 13 nitrogen and oxygen atoms in total. The Balaban J connectivity index is 0.000000276. The molecule has 45 heavy (non-hydrogen) atoms. The summed E-state index contributed by atoms with van der Waals surface area (Å²) in [7, 11) is -2.07. The van der Waals surface area contributed by atoms with Gasteiger partial charge in [-0.05, 0) is 36.1 Å². The molecule has 3 heterocycles. The number of pyridine rings is 1. The number of allylic oxidation sites excluding steroid dienone is 1. The molecule has 5 aromatic rings. The van der Waals surface area contributed by atoms with Gasteiger partial charge in [0.25, 0.3) is 11.5 Å². The van der Waals surface area contributed by atoms with E-state index in [9.17, 15) is 18.0 Å². The van der Waals surface area contributed by atoms with Gasteiger partial charge in [0.2, 0.25) is 10.0 Å². The standard InChI is InChI=1S/C23H20N4O3S.C8H11N5O/c1-2-20-13-19-8-6-7-18(12-11-17-14-25-26(15-17)16-31(24,29)30)22(19)23(28)27(20)21-9-4-3-5-10-21;1-3-4-11-8-5(7(10)14)6(9)12-13(8)2/h3-10,13-15H,2,16H2,1H3,(H2,24,29,30);3-4H,1H2,2H3,(H2,9,12)(H2,10,14)/b;11-4-. The summed E-state index contributed by atoms with van der Waals surface area (Å²) < 4.78 is 26.7. The number of aliphatic imine (C=N–C) groups is 1. The molecule has 2 aromatic carbocycles. The van der Waals surface area contributed by atoms with Crippen LogP contribution in [0.2, 0.25) is 0 Å². The fraction of sp³-hybridized carbons (Fsp3) is 0.129. The van der Waals surface area contributed by atoms with Gasteiger partial charge in [-0.1, -0.05) is 61.8 Å². The fourth-order valence-electron chi connectivity index (χ4n) is 4.51. The van der Waals surface area contributed by atoms with Crippen LogP contribution in [0.3, 0.4) is 0 Å². The van der Waals surface area contributed by atoms with Crippen LogP contribution in [0.5, 0.6) is 0 Å². The summed E-state index contributed by atoms with van der Waals surface area (Å²) in [6.07, 6.45) is 6.58. The van der Waals surface area contributed by atoms with E-state index in [1.165, 1.54) is 34.0 Å². The lowest BCUT2D eigenvalue weighted by Crippen LogP contribution is -2.22. The van der Waals surface area contributed by atoms with Crippen LogP contribution >= 0.6 is 0 Å². The number of benzene rings is 2. The van der Waals surface area contributed by atoms with Crippen molar-refractivity contribution in [1.29, 1.82) is 0 Å². The van der Waals surface area contributed by atoms with Crippen LogP contribution in [-0.2, 0) is 29.4 Å². The van der Waals surface area contributed by atoms with Gasteiger partial charge in [0.1, 0.15) is 5.56 Å². The number of amides is 1. The SMILES string of the molecule is C=C/C=N\c1c(C(N)=O)c(N)nn1C.CCc1cc2cccc(C#Cc3cnn(CS(N)(=O)=O)c3)c2c(=O)n1-c1ccccc1. The second-order valence-corrected chi connectivity index (χ2v) is 11.2. The molecule has 14 heteroatoms. The van der Waals surface area contributed by atoms with Gasteiger partial charge >= 0.3 is 0 Å². The van der Waals surface area contributed by atoms with Crippen LogP contribution in [0.1, 0.15) is 34.1 Å². The minimum absolute atomic E-state index is 0.0798. The van der Waals surface area contributed by atoms with Gasteiger partial charge in [-0.15, -0.1) is 0 Å². The second kappa shape index (κ2) is 13.7. The number of carbonyl (C=O) groups is 1. The Morgan fingerprint density at radius 3 is 2.51 bits per heavy atom. The zero-order valence-electron chi connectivity index (χ0n) is 24.6. The highest BCUT2D eigenvalue weighted by Gasteiger charge is 2.17. The van der Waals surface area contributed by atoms with E-state index in [0.29, 0.717) is 28.8 Å². The summed E-state index contributed by atoms with van der Waals surface area (Å²) in [5.74, 6) is 5.33. The van der Waals surface area contributed by atoms with Crippen LogP contribution in [-0.4, -0.2) is 44.7 Å². The highest BCUT2D eigenvalue weighted by molar-refractivity contribution is 7.88. The van der Waals surface area contributed by atoms with Crippen LogP contribution in [0.4, 0.5) is 11.6 Å². The maximum Gasteiger partial charge on any atom is 0.264 e. The van der Waals surface area contributed by atoms with E-state index in [4.69, 9.17) is 16.6 Å². The third kappa shape index (κ3) is 7.60. The lowest BCUT2D eigenvalue weighted by Gasteiger charge is -2.14. The zero-order valence-corrected chi connectivity index (χ0v) is 25.4. The summed E-state index contributed by atoms with van der Waals surface area (Å²) in [6, 6.07) is 17.1. The van der Waals surface area contributed by atoms with Crippen molar-refractivity contribution < 1.29 is 13.2 Å². The third-order valence-corrected chi connectivity index (χ3v) is 7.00. The molecule has 3 aromatic heterocycles. The highest BCUT2D eigenvalue weighted by Crippen LogP contribution is 2.23. The molecule has 0 bridgehead atoms. The number of hydrogen-bond donors (Lipinski definition) is 3. The number of rotatable bonds is 7. The Morgan fingerprint density at radius 2 is 1.87 bits per heavy atom. The molecule has 5 rings (SSSR count). The molecule has 0 spiro atoms. The summed E-state index contributed by atoms with van der Waals surface area (Å²) >= 11 is 0. The molecule has 0 fully saturated rings. The molecule has 0 aliphatic carbocycles. The van der Waals surface area contributed by atoms with Gasteiger partial charge in [0.05, 0.1) is 17.1 Å². The number of nitrogens with zero attached hydrogens (tertiary/aromatic N) is 6. The number of anilines is 1. The third-order valence-electron chi connectivity index (χ3n) is 6.38. The quantitative estimate of drug-likeness (QED) is 0.182. The number of sulfonamides is 1. The van der Waals surface area contributed by atoms with Gasteiger partial charge < -0.3 is 11.5 Å². The lowest BCUT2D eigenvalue weighted by atomic mass is 10.0. The van der Waals surface area contributed by atoms with Crippen molar-refractivity contribution in [3.05, 3.63) is 112 Å². The molecule has 0 saturated carbocycles. The van der Waals surface area contributed by atoms with Crippen molar-refractivity contribution in [3.8, 4) is 17.5 Å². The van der Waals surface area contributed by atoms with E-state index in [0.717, 1.165) is 16.8 Å². The number of para-hydroxylation sites is 1. The molecule has 0 aliphatic heterocycles. The topological polar surface area (TPSA) is 199 Å². The summed E-state index contributed by atoms with van der Waals surface area (Å²) in [4.78, 5) is 28.5. The summed E-state index contributed by atoms with van der Waals surface area (Å²) in [5, 5.41) is 14.2. The zero-order chi connectivity index (χ0) is 32.7. The van der Waals surface area contributed by atoms with E-state index in [1.807, 2.05) is 55.5 Å². The monoisotopic (exact) mass is 625 g/mol. The summed E-state index contributed by atoms with van der Waals surface area (Å²) in [6.45, 7) is 5.48. The molecular weight excluding hydrogens is 594 g/mol. The Labute approximate surface area is 259 Å². The lowest BCUT2D eigenvalue weighted by molar-refractivity contribution is 0.100. The normalized spacial score (nSPS) is 11.1. The average molecular weight is 626 g/mol. The molecule has 0 saturated heterocycles. The van der Waals surface area contributed by atoms with Crippen LogP contribution in [0.25, 0.3) is 16.5 Å². The van der Waals surface area contributed by atoms with Gasteiger partial charge in [0.15, 0.2) is 17.5 Å². The second-order valence-electron chi connectivity index (χ2n) is 9.63. The first-order valence-electron chi connectivity index (χ1n) is 13.5. The predicted octanol–water partition coefficient (Wildman–Crippen LogP) is 2.38. The van der Waals surface area contributed by atoms with Crippen molar-refractivity contribution in [2.24, 2.45) is 22.9 Å². The first-order chi connectivity index (χ1) is 21.4. The smallest absolute Gasteiger partial charge is 0.264 e. The maximum absolute atomic E-state index is 13.5. The van der Waals surface area contributed by atoms with Crippen LogP contribution in [0, 0.1) is 11.8 Å². The van der Waals surface area contributed by atoms with E-state index in [1.54, 1.807) is 17.7 Å². The first-order valence-corrected chi connectivity index (χ1v) is 15.2. The molecule has 6 N–H and O–H groups in total. The molecular formula is C31H31N9O4S. The number of aryl methyl sites for hydroxylation is 2. The van der Waals surface area contributed by atoms with Crippen molar-refractivity contribution >= 4 is 44.6 Å². The molecule has 1 amide bonds. The maximum atomic E-state index is 13.5. The Morgan fingerprint density at radius 1 is 1.13 bits per heavy atom. The highest BCUT2D eigenvalue weighted by atomic mass is 32.2. The number of carbonyl (C=O) groups excluding carboxylic acids is 1. The predicted molar refractivity (Wildman–Crippen MR) is 175 cm³/mol. The molecule has 230 valence electrons. The van der Waals surface area contributed by atoms with E-state index in [-0.39, 0.29) is 16.9 Å². The molecule has 0 unspecified atom stereocenters. The van der Waals surface area contributed by atoms with Crippen molar-refractivity contribution in [3.63, 3.8) is 0 Å². The number of nitrogens with two attached hydrogens (primary N) is 3. The Hall–Kier alpha value is -5.78. The number of primary amides is 1. The molecule has 0 aliphatic rings. The number of hydrogen-bond acceptors (Lipinski definition) is 8. The van der Waals surface area contributed by atoms with Gasteiger partial charge in [0, 0.05) is 36.4 Å². The van der Waals surface area contributed by atoms with Crippen LogP contribution in [0.15, 0.2) is 89.4 Å². The Kier molecular flexibility index (Phi) is 9.77. The van der Waals surface area contributed by atoms with E-state index >= 15 is 0 Å². The number of nitrogen functional groups attached to an aromatic ring is 1. The first kappa shape index (κ1) is 32.1. The number of aromatic nitrogens is 5. The van der Waals surface area contributed by atoms with Gasteiger partial charge in [-0.25, -0.2) is 23.2 Å². The molecule has 0 atom stereocenters. The van der Waals surface area contributed by atoms with Crippen molar-refractivity contribution in [2.45, 2.75) is 19.2 Å². The average Bonchev–Trinajstić information content (AvgIpc) is 3.55. The number of fused-ring (bicyclic) bond motifs is 1. The van der Waals surface area contributed by atoms with E-state index in [2.05, 4.69) is 33.6 Å². The fourth-order valence-corrected chi connectivity index (χ4v) is 5.02. The van der Waals surface area contributed by atoms with Crippen molar-refractivity contribution in [2.75, 3.05) is 5.73 Å². The summed E-state index contributed by atoms with van der Waals surface area (Å²) in [5.41, 5.74) is 13.4.